The molecule has 0 amide bonds. The Labute approximate surface area is 150 Å². The number of para-hydroxylation sites is 1. The monoisotopic (exact) mass is 340 g/mol. The zero-order valence-corrected chi connectivity index (χ0v) is 15.4. The molecule has 0 aliphatic rings. The summed E-state index contributed by atoms with van der Waals surface area (Å²) in [7, 11) is 0. The number of benzene rings is 1. The van der Waals surface area contributed by atoms with E-state index in [2.05, 4.69) is 53.6 Å². The van der Waals surface area contributed by atoms with E-state index in [4.69, 9.17) is 4.74 Å². The van der Waals surface area contributed by atoms with E-state index in [0.29, 0.717) is 18.6 Å². The zero-order chi connectivity index (χ0) is 18.1. The van der Waals surface area contributed by atoms with E-state index in [9.17, 15) is 0 Å². The topological polar surface area (TPSA) is 50.3 Å². The third-order valence-corrected chi connectivity index (χ3v) is 3.70. The molecule has 1 N–H and O–H groups in total. The van der Waals surface area contributed by atoms with Crippen molar-refractivity contribution >= 4 is 5.95 Å². The van der Waals surface area contributed by atoms with Crippen molar-refractivity contribution in [1.29, 1.82) is 0 Å². The van der Waals surface area contributed by atoms with Crippen molar-refractivity contribution in [2.24, 2.45) is 0 Å². The van der Waals surface area contributed by atoms with Gasteiger partial charge in [0, 0.05) is 42.7 Å². The third-order valence-electron chi connectivity index (χ3n) is 3.70. The SMILES string of the molecule is C=CCOc1ccccc1CN(CC)Cc1cnc(NC(C)C)nc1. The van der Waals surface area contributed by atoms with Gasteiger partial charge in [-0.05, 0) is 26.5 Å². The Morgan fingerprint density at radius 2 is 1.92 bits per heavy atom. The van der Waals surface area contributed by atoms with Crippen molar-refractivity contribution in [1.82, 2.24) is 14.9 Å². The Kier molecular flexibility index (Phi) is 7.41. The molecule has 1 aromatic heterocycles. The molecule has 0 spiro atoms. The van der Waals surface area contributed by atoms with Gasteiger partial charge in [0.2, 0.25) is 5.95 Å². The number of nitrogens with zero attached hydrogens (tertiary/aromatic N) is 3. The number of nitrogens with one attached hydrogen (secondary N) is 1. The summed E-state index contributed by atoms with van der Waals surface area (Å²) in [6, 6.07) is 8.46. The summed E-state index contributed by atoms with van der Waals surface area (Å²) < 4.78 is 5.76. The summed E-state index contributed by atoms with van der Waals surface area (Å²) in [5, 5.41) is 3.21. The molecule has 25 heavy (non-hydrogen) atoms. The molecule has 0 atom stereocenters. The van der Waals surface area contributed by atoms with Gasteiger partial charge in [-0.15, -0.1) is 0 Å². The Morgan fingerprint density at radius 1 is 1.20 bits per heavy atom. The zero-order valence-electron chi connectivity index (χ0n) is 15.4. The van der Waals surface area contributed by atoms with Crippen LogP contribution in [0.2, 0.25) is 0 Å². The second kappa shape index (κ2) is 9.79. The Bertz CT molecular complexity index is 655. The van der Waals surface area contributed by atoms with Gasteiger partial charge in [-0.1, -0.05) is 37.8 Å². The number of ether oxygens (including phenoxy) is 1. The van der Waals surface area contributed by atoms with Crippen molar-refractivity contribution in [3.05, 3.63) is 60.4 Å². The maximum atomic E-state index is 5.76. The summed E-state index contributed by atoms with van der Waals surface area (Å²) in [4.78, 5) is 11.1. The minimum Gasteiger partial charge on any atom is -0.489 e. The average molecular weight is 340 g/mol. The van der Waals surface area contributed by atoms with Gasteiger partial charge in [0.15, 0.2) is 0 Å². The normalized spacial score (nSPS) is 10.9. The molecular weight excluding hydrogens is 312 g/mol. The van der Waals surface area contributed by atoms with Crippen molar-refractivity contribution < 1.29 is 4.74 Å². The van der Waals surface area contributed by atoms with E-state index >= 15 is 0 Å². The second-order valence-electron chi connectivity index (χ2n) is 6.22. The first kappa shape index (κ1) is 18.9. The molecule has 1 aromatic carbocycles. The highest BCUT2D eigenvalue weighted by molar-refractivity contribution is 5.33. The van der Waals surface area contributed by atoms with Crippen molar-refractivity contribution in [2.45, 2.75) is 39.9 Å². The summed E-state index contributed by atoms with van der Waals surface area (Å²) in [5.74, 6) is 1.58. The van der Waals surface area contributed by atoms with E-state index < -0.39 is 0 Å². The van der Waals surface area contributed by atoms with E-state index in [1.165, 1.54) is 5.56 Å². The van der Waals surface area contributed by atoms with Crippen LogP contribution in [0.3, 0.4) is 0 Å². The summed E-state index contributed by atoms with van der Waals surface area (Å²) in [6.07, 6.45) is 5.54. The van der Waals surface area contributed by atoms with Gasteiger partial charge in [-0.25, -0.2) is 9.97 Å². The highest BCUT2D eigenvalue weighted by Crippen LogP contribution is 2.20. The first-order valence-electron chi connectivity index (χ1n) is 8.73. The fourth-order valence-corrected chi connectivity index (χ4v) is 2.47. The molecule has 5 heteroatoms. The summed E-state index contributed by atoms with van der Waals surface area (Å²) >= 11 is 0. The lowest BCUT2D eigenvalue weighted by atomic mass is 10.1. The van der Waals surface area contributed by atoms with Gasteiger partial charge < -0.3 is 10.1 Å². The van der Waals surface area contributed by atoms with Crippen molar-refractivity contribution in [3.8, 4) is 5.75 Å². The minimum atomic E-state index is 0.324. The quantitative estimate of drug-likeness (QED) is 0.665. The molecule has 0 aliphatic carbocycles. The number of aromatic nitrogens is 2. The predicted octanol–water partition coefficient (Wildman–Crippen LogP) is 3.88. The van der Waals surface area contributed by atoms with Gasteiger partial charge in [0.1, 0.15) is 12.4 Å². The third kappa shape index (κ3) is 6.19. The van der Waals surface area contributed by atoms with Crippen molar-refractivity contribution in [2.75, 3.05) is 18.5 Å². The van der Waals surface area contributed by atoms with E-state index in [1.807, 2.05) is 30.6 Å². The smallest absolute Gasteiger partial charge is 0.222 e. The number of rotatable bonds is 10. The van der Waals surface area contributed by atoms with Crippen LogP contribution < -0.4 is 10.1 Å². The lowest BCUT2D eigenvalue weighted by molar-refractivity contribution is 0.263. The summed E-state index contributed by atoms with van der Waals surface area (Å²) in [5.41, 5.74) is 2.27. The second-order valence-corrected chi connectivity index (χ2v) is 6.22. The first-order chi connectivity index (χ1) is 12.1. The van der Waals surface area contributed by atoms with Crippen LogP contribution >= 0.6 is 0 Å². The summed E-state index contributed by atoms with van der Waals surface area (Å²) in [6.45, 7) is 13.1. The van der Waals surface area contributed by atoms with Crippen LogP contribution in [0, 0.1) is 0 Å². The molecule has 0 unspecified atom stereocenters. The molecule has 0 bridgehead atoms. The fraction of sp³-hybridized carbons (Fsp3) is 0.400. The molecule has 0 aliphatic heterocycles. The van der Waals surface area contributed by atoms with E-state index in [0.717, 1.165) is 30.9 Å². The standard InChI is InChI=1S/C20H28N4O/c1-5-11-25-19-10-8-7-9-18(19)15-24(6-2)14-17-12-21-20(22-13-17)23-16(3)4/h5,7-10,12-13,16H,1,6,11,14-15H2,2-4H3,(H,21,22,23). The van der Waals surface area contributed by atoms with Gasteiger partial charge in [-0.3, -0.25) is 4.90 Å². The largest absolute Gasteiger partial charge is 0.489 e. The van der Waals surface area contributed by atoms with Gasteiger partial charge >= 0.3 is 0 Å². The maximum Gasteiger partial charge on any atom is 0.222 e. The fourth-order valence-electron chi connectivity index (χ4n) is 2.47. The van der Waals surface area contributed by atoms with Crippen LogP contribution in [0.25, 0.3) is 0 Å². The Balaban J connectivity index is 2.02. The maximum absolute atomic E-state index is 5.76. The Morgan fingerprint density at radius 3 is 2.56 bits per heavy atom. The highest BCUT2D eigenvalue weighted by atomic mass is 16.5. The molecule has 2 rings (SSSR count). The highest BCUT2D eigenvalue weighted by Gasteiger charge is 2.10. The van der Waals surface area contributed by atoms with Crippen LogP contribution in [0.15, 0.2) is 49.3 Å². The molecule has 5 nitrogen and oxygen atoms in total. The average Bonchev–Trinajstić information content (AvgIpc) is 2.61. The number of hydrogen-bond donors (Lipinski definition) is 1. The van der Waals surface area contributed by atoms with Crippen molar-refractivity contribution in [3.63, 3.8) is 0 Å². The molecular formula is C20H28N4O. The van der Waals surface area contributed by atoms with Gasteiger partial charge in [0.25, 0.3) is 0 Å². The number of hydrogen-bond acceptors (Lipinski definition) is 5. The Hall–Kier alpha value is -2.40. The molecule has 0 saturated heterocycles. The lowest BCUT2D eigenvalue weighted by Crippen LogP contribution is -2.23. The molecule has 0 saturated carbocycles. The molecule has 2 aromatic rings. The van der Waals surface area contributed by atoms with Crippen LogP contribution in [-0.4, -0.2) is 34.1 Å². The predicted molar refractivity (Wildman–Crippen MR) is 103 cm³/mol. The van der Waals surface area contributed by atoms with Gasteiger partial charge in [-0.2, -0.15) is 0 Å². The van der Waals surface area contributed by atoms with E-state index in [-0.39, 0.29) is 0 Å². The first-order valence-corrected chi connectivity index (χ1v) is 8.73. The molecule has 0 radical (unpaired) electrons. The number of anilines is 1. The van der Waals surface area contributed by atoms with Crippen LogP contribution in [-0.2, 0) is 13.1 Å². The van der Waals surface area contributed by atoms with Crippen LogP contribution in [0.5, 0.6) is 5.75 Å². The molecule has 134 valence electrons. The lowest BCUT2D eigenvalue weighted by Gasteiger charge is -2.22. The van der Waals surface area contributed by atoms with Crippen LogP contribution in [0.4, 0.5) is 5.95 Å². The minimum absolute atomic E-state index is 0.324. The molecule has 1 heterocycles. The van der Waals surface area contributed by atoms with Crippen LogP contribution in [0.1, 0.15) is 31.9 Å². The van der Waals surface area contributed by atoms with E-state index in [1.54, 1.807) is 6.08 Å². The van der Waals surface area contributed by atoms with Gasteiger partial charge in [0.05, 0.1) is 0 Å². The molecule has 0 fully saturated rings.